The second-order valence-corrected chi connectivity index (χ2v) is 13.6. The summed E-state index contributed by atoms with van der Waals surface area (Å²) in [6, 6.07) is 21.9. The van der Waals surface area contributed by atoms with Gasteiger partial charge in [-0.15, -0.1) is 0 Å². The van der Waals surface area contributed by atoms with Crippen LogP contribution in [0.3, 0.4) is 0 Å². The number of ether oxygens (including phenoxy) is 3. The Bertz CT molecular complexity index is 1680. The number of carbonyl (C=O) groups is 2. The maximum absolute atomic E-state index is 16.2. The van der Waals surface area contributed by atoms with E-state index >= 15 is 4.39 Å². The average Bonchev–Trinajstić information content (AvgIpc) is 2.98. The number of hydrogen-bond donors (Lipinski definition) is 1. The lowest BCUT2D eigenvalue weighted by molar-refractivity contribution is -0.153. The first-order chi connectivity index (χ1) is 22.2. The number of carbonyl (C=O) groups excluding carboxylic acids is 2. The van der Waals surface area contributed by atoms with E-state index in [-0.39, 0.29) is 19.0 Å². The molecule has 0 unspecified atom stereocenters. The van der Waals surface area contributed by atoms with Gasteiger partial charge in [0.05, 0.1) is 12.5 Å². The summed E-state index contributed by atoms with van der Waals surface area (Å²) < 4.78 is 33.3. The summed E-state index contributed by atoms with van der Waals surface area (Å²) in [6.45, 7) is 12.8. The molecule has 0 bridgehead atoms. The van der Waals surface area contributed by atoms with Gasteiger partial charge >= 0.3 is 12.1 Å². The Labute approximate surface area is 277 Å². The molecule has 1 atom stereocenters. The highest BCUT2D eigenvalue weighted by Crippen LogP contribution is 2.31. The van der Waals surface area contributed by atoms with Crippen LogP contribution in [0.4, 0.5) is 9.18 Å². The predicted octanol–water partition coefficient (Wildman–Crippen LogP) is 8.72. The molecular weight excluding hydrogens is 595 g/mol. The van der Waals surface area contributed by atoms with E-state index in [9.17, 15) is 9.59 Å². The van der Waals surface area contributed by atoms with E-state index in [0.717, 1.165) is 35.1 Å². The van der Waals surface area contributed by atoms with Gasteiger partial charge in [0.1, 0.15) is 29.4 Å². The highest BCUT2D eigenvalue weighted by molar-refractivity contribution is 5.74. The Kier molecular flexibility index (Phi) is 11.4. The Morgan fingerprint density at radius 2 is 1.47 bits per heavy atom. The Morgan fingerprint density at radius 1 is 0.809 bits per heavy atom. The number of amides is 1. The van der Waals surface area contributed by atoms with Crippen LogP contribution in [0.25, 0.3) is 11.1 Å². The van der Waals surface area contributed by atoms with Gasteiger partial charge in [-0.05, 0) is 108 Å². The summed E-state index contributed by atoms with van der Waals surface area (Å²) in [5.41, 5.74) is 3.94. The first-order valence-electron chi connectivity index (χ1n) is 15.9. The molecule has 47 heavy (non-hydrogen) atoms. The summed E-state index contributed by atoms with van der Waals surface area (Å²) in [5.74, 6) is -0.172. The van der Waals surface area contributed by atoms with Crippen LogP contribution in [0.5, 0.6) is 5.75 Å². The van der Waals surface area contributed by atoms with Crippen molar-refractivity contribution in [2.45, 2.75) is 91.6 Å². The van der Waals surface area contributed by atoms with Crippen LogP contribution in [0.1, 0.15) is 82.3 Å². The smallest absolute Gasteiger partial charge is 0.408 e. The summed E-state index contributed by atoms with van der Waals surface area (Å²) in [5, 5.41) is 2.74. The molecule has 1 amide bonds. The van der Waals surface area contributed by atoms with Gasteiger partial charge in [-0.2, -0.15) is 0 Å². The molecule has 0 aliphatic heterocycles. The molecule has 8 heteroatoms. The largest absolute Gasteiger partial charge is 0.489 e. The Balaban J connectivity index is 1.62. The zero-order chi connectivity index (χ0) is 34.2. The van der Waals surface area contributed by atoms with Crippen molar-refractivity contribution in [3.05, 3.63) is 119 Å². The van der Waals surface area contributed by atoms with Gasteiger partial charge in [-0.1, -0.05) is 48.5 Å². The summed E-state index contributed by atoms with van der Waals surface area (Å²) in [6.07, 6.45) is 4.51. The molecule has 1 N–H and O–H groups in total. The van der Waals surface area contributed by atoms with Crippen LogP contribution >= 0.6 is 0 Å². The van der Waals surface area contributed by atoms with Crippen molar-refractivity contribution in [1.29, 1.82) is 0 Å². The molecule has 3 aromatic carbocycles. The number of aryl methyl sites for hydroxylation is 2. The van der Waals surface area contributed by atoms with Crippen molar-refractivity contribution in [1.82, 2.24) is 10.3 Å². The zero-order valence-electron chi connectivity index (χ0n) is 28.4. The lowest BCUT2D eigenvalue weighted by Crippen LogP contribution is -2.34. The van der Waals surface area contributed by atoms with Crippen molar-refractivity contribution in [3.63, 3.8) is 0 Å². The molecular formula is C39H45FN2O5. The quantitative estimate of drug-likeness (QED) is 0.165. The molecule has 0 fully saturated rings. The third-order valence-electron chi connectivity index (χ3n) is 7.17. The van der Waals surface area contributed by atoms with Gasteiger partial charge < -0.3 is 19.5 Å². The fourth-order valence-electron chi connectivity index (χ4n) is 5.14. The van der Waals surface area contributed by atoms with Crippen molar-refractivity contribution in [2.75, 3.05) is 0 Å². The highest BCUT2D eigenvalue weighted by Gasteiger charge is 2.22. The number of hydrogen-bond acceptors (Lipinski definition) is 6. The summed E-state index contributed by atoms with van der Waals surface area (Å²) >= 11 is 0. The summed E-state index contributed by atoms with van der Waals surface area (Å²) in [4.78, 5) is 29.1. The molecule has 0 spiro atoms. The van der Waals surface area contributed by atoms with Gasteiger partial charge in [0.15, 0.2) is 0 Å². The van der Waals surface area contributed by atoms with E-state index in [0.29, 0.717) is 22.4 Å². The van der Waals surface area contributed by atoms with Crippen LogP contribution in [0.15, 0.2) is 85.2 Å². The maximum atomic E-state index is 16.2. The first-order valence-corrected chi connectivity index (χ1v) is 15.9. The van der Waals surface area contributed by atoms with E-state index in [2.05, 4.69) is 16.4 Å². The third kappa shape index (κ3) is 10.9. The molecule has 0 saturated carbocycles. The van der Waals surface area contributed by atoms with Crippen molar-refractivity contribution in [3.8, 4) is 16.9 Å². The number of nitrogens with zero attached hydrogens (tertiary/aromatic N) is 1. The molecule has 0 aliphatic rings. The molecule has 1 aromatic heterocycles. The molecule has 4 aromatic rings. The number of esters is 1. The van der Waals surface area contributed by atoms with E-state index < -0.39 is 29.2 Å². The molecule has 7 nitrogen and oxygen atoms in total. The standard InChI is InChI=1S/C39H45FN2O5/c1-26(42-37(44)47-39(5,6)7)32-12-10-13-33(36(32)40)31-22-28(16-15-27-17-19-41-20-18-27)21-29(23-31)25-45-34-14-9-8-11-30(34)24-35(43)46-38(2,3)4/h8-14,17-23,26H,15-16,24-25H2,1-7H3,(H,42,44)/t26-/m1/s1. The van der Waals surface area contributed by atoms with E-state index in [4.69, 9.17) is 14.2 Å². The topological polar surface area (TPSA) is 86.8 Å². The van der Waals surface area contributed by atoms with Crippen LogP contribution in [-0.4, -0.2) is 28.2 Å². The number of pyridine rings is 1. The molecule has 4 rings (SSSR count). The summed E-state index contributed by atoms with van der Waals surface area (Å²) in [7, 11) is 0. The number of aromatic nitrogens is 1. The maximum Gasteiger partial charge on any atom is 0.408 e. The average molecular weight is 641 g/mol. The van der Waals surface area contributed by atoms with Crippen molar-refractivity contribution >= 4 is 12.1 Å². The first kappa shape index (κ1) is 35.1. The second kappa shape index (κ2) is 15.2. The van der Waals surface area contributed by atoms with E-state index in [1.165, 1.54) is 0 Å². The minimum atomic E-state index is -0.671. The molecule has 0 radical (unpaired) electrons. The molecule has 248 valence electrons. The van der Waals surface area contributed by atoms with E-state index in [1.807, 2.05) is 69.3 Å². The number of halogens is 1. The number of benzene rings is 3. The fourth-order valence-corrected chi connectivity index (χ4v) is 5.14. The van der Waals surface area contributed by atoms with Gasteiger partial charge in [0.25, 0.3) is 0 Å². The van der Waals surface area contributed by atoms with Crippen LogP contribution in [-0.2, 0) is 40.1 Å². The van der Waals surface area contributed by atoms with Gasteiger partial charge in [0, 0.05) is 29.1 Å². The van der Waals surface area contributed by atoms with Crippen molar-refractivity contribution in [2.24, 2.45) is 0 Å². The van der Waals surface area contributed by atoms with Gasteiger partial charge in [-0.25, -0.2) is 9.18 Å². The predicted molar refractivity (Wildman–Crippen MR) is 182 cm³/mol. The van der Waals surface area contributed by atoms with Crippen molar-refractivity contribution < 1.29 is 28.2 Å². The van der Waals surface area contributed by atoms with Crippen LogP contribution < -0.4 is 10.1 Å². The number of rotatable bonds is 11. The van der Waals surface area contributed by atoms with Gasteiger partial charge in [-0.3, -0.25) is 9.78 Å². The minimum absolute atomic E-state index is 0.0815. The second-order valence-electron chi connectivity index (χ2n) is 13.6. The monoisotopic (exact) mass is 640 g/mol. The normalized spacial score (nSPS) is 12.3. The SMILES string of the molecule is C[C@@H](NC(=O)OC(C)(C)C)c1cccc(-c2cc(CCc3ccncc3)cc(COc3ccccc3CC(=O)OC(C)(C)C)c2)c1F. The van der Waals surface area contributed by atoms with Gasteiger partial charge in [0.2, 0.25) is 0 Å². The van der Waals surface area contributed by atoms with Crippen LogP contribution in [0.2, 0.25) is 0 Å². The highest BCUT2D eigenvalue weighted by atomic mass is 19.1. The third-order valence-corrected chi connectivity index (χ3v) is 7.17. The molecule has 1 heterocycles. The number of nitrogens with one attached hydrogen (secondary N) is 1. The lowest BCUT2D eigenvalue weighted by atomic mass is 9.94. The number of para-hydroxylation sites is 1. The fraction of sp³-hybridized carbons (Fsp3) is 0.359. The molecule has 0 saturated heterocycles. The molecule has 0 aliphatic carbocycles. The lowest BCUT2D eigenvalue weighted by Gasteiger charge is -2.22. The van der Waals surface area contributed by atoms with E-state index in [1.54, 1.807) is 58.3 Å². The number of alkyl carbamates (subject to hydrolysis) is 1. The Morgan fingerprint density at radius 3 is 2.17 bits per heavy atom. The van der Waals surface area contributed by atoms with Crippen LogP contribution in [0, 0.1) is 5.82 Å². The zero-order valence-corrected chi connectivity index (χ0v) is 28.4. The minimum Gasteiger partial charge on any atom is -0.489 e. The Hall–Kier alpha value is -4.72.